The second-order valence-electron chi connectivity index (χ2n) is 7.00. The van der Waals surface area contributed by atoms with E-state index in [4.69, 9.17) is 4.74 Å². The van der Waals surface area contributed by atoms with Crippen LogP contribution in [0.3, 0.4) is 0 Å². The summed E-state index contributed by atoms with van der Waals surface area (Å²) in [4.78, 5) is 0. The fourth-order valence-electron chi connectivity index (χ4n) is 2.96. The molecule has 0 atom stereocenters. The van der Waals surface area contributed by atoms with Gasteiger partial charge in [0.05, 0.1) is 5.56 Å². The highest BCUT2D eigenvalue weighted by Crippen LogP contribution is 2.31. The average molecular weight is 360 g/mol. The molecule has 0 saturated carbocycles. The number of unbranched alkanes of at least 4 members (excludes halogenated alkanes) is 6. The minimum absolute atomic E-state index is 0.129. The SMILES string of the molecule is CCCCCCCCCc1ccc(OC(F)(F)c2ccc(C)cc2)cc1. The van der Waals surface area contributed by atoms with E-state index in [1.165, 1.54) is 56.2 Å². The van der Waals surface area contributed by atoms with Gasteiger partial charge in [-0.25, -0.2) is 0 Å². The van der Waals surface area contributed by atoms with E-state index in [0.29, 0.717) is 0 Å². The molecule has 2 aromatic carbocycles. The maximum Gasteiger partial charge on any atom is 0.426 e. The lowest BCUT2D eigenvalue weighted by Gasteiger charge is -2.18. The van der Waals surface area contributed by atoms with E-state index in [0.717, 1.165) is 18.4 Å². The van der Waals surface area contributed by atoms with Crippen molar-refractivity contribution in [3.8, 4) is 5.75 Å². The lowest BCUT2D eigenvalue weighted by molar-refractivity contribution is -0.185. The molecule has 0 amide bonds. The Labute approximate surface area is 156 Å². The van der Waals surface area contributed by atoms with Gasteiger partial charge < -0.3 is 4.74 Å². The molecule has 3 heteroatoms. The van der Waals surface area contributed by atoms with Gasteiger partial charge in [0, 0.05) is 0 Å². The van der Waals surface area contributed by atoms with Crippen molar-refractivity contribution in [1.29, 1.82) is 0 Å². The van der Waals surface area contributed by atoms with E-state index in [2.05, 4.69) is 6.92 Å². The number of benzene rings is 2. The van der Waals surface area contributed by atoms with Crippen LogP contribution in [0, 0.1) is 6.92 Å². The number of aryl methyl sites for hydroxylation is 2. The molecule has 2 aromatic rings. The first kappa shape index (κ1) is 20.4. The van der Waals surface area contributed by atoms with Crippen molar-refractivity contribution in [1.82, 2.24) is 0 Å². The summed E-state index contributed by atoms with van der Waals surface area (Å²) >= 11 is 0. The second kappa shape index (κ2) is 10.3. The van der Waals surface area contributed by atoms with E-state index in [1.807, 2.05) is 19.1 Å². The number of ether oxygens (including phenoxy) is 1. The van der Waals surface area contributed by atoms with Crippen molar-refractivity contribution < 1.29 is 13.5 Å². The molecule has 26 heavy (non-hydrogen) atoms. The molecule has 0 saturated heterocycles. The molecular formula is C23H30F2O. The third-order valence-corrected chi connectivity index (χ3v) is 4.63. The van der Waals surface area contributed by atoms with Crippen LogP contribution in [-0.2, 0) is 12.5 Å². The lowest BCUT2D eigenvalue weighted by atomic mass is 10.0. The van der Waals surface area contributed by atoms with E-state index in [1.54, 1.807) is 24.3 Å². The molecule has 0 radical (unpaired) electrons. The van der Waals surface area contributed by atoms with Crippen molar-refractivity contribution in [3.63, 3.8) is 0 Å². The maximum absolute atomic E-state index is 14.2. The third kappa shape index (κ3) is 6.78. The van der Waals surface area contributed by atoms with E-state index >= 15 is 0 Å². The van der Waals surface area contributed by atoms with Crippen molar-refractivity contribution >= 4 is 0 Å². The van der Waals surface area contributed by atoms with Gasteiger partial charge in [0.25, 0.3) is 0 Å². The van der Waals surface area contributed by atoms with Crippen LogP contribution < -0.4 is 4.74 Å². The Bertz CT molecular complexity index is 632. The lowest BCUT2D eigenvalue weighted by Crippen LogP contribution is -2.21. The smallest absolute Gasteiger partial charge is 0.426 e. The zero-order valence-electron chi connectivity index (χ0n) is 15.9. The summed E-state index contributed by atoms with van der Waals surface area (Å²) in [5, 5.41) is 0. The highest BCUT2D eigenvalue weighted by Gasteiger charge is 2.34. The molecule has 0 aromatic heterocycles. The number of halogens is 2. The molecule has 0 fully saturated rings. The molecular weight excluding hydrogens is 330 g/mol. The molecule has 0 unspecified atom stereocenters. The first-order valence-electron chi connectivity index (χ1n) is 9.74. The summed E-state index contributed by atoms with van der Waals surface area (Å²) in [6, 6.07) is 13.2. The van der Waals surface area contributed by atoms with Crippen LogP contribution in [0.1, 0.15) is 68.6 Å². The molecule has 0 aliphatic rings. The maximum atomic E-state index is 14.2. The van der Waals surface area contributed by atoms with Crippen molar-refractivity contribution in [2.45, 2.75) is 71.3 Å². The minimum Gasteiger partial charge on any atom is -0.429 e. The highest BCUT2D eigenvalue weighted by atomic mass is 19.3. The van der Waals surface area contributed by atoms with Crippen molar-refractivity contribution in [2.24, 2.45) is 0 Å². The fraction of sp³-hybridized carbons (Fsp3) is 0.478. The number of hydrogen-bond donors (Lipinski definition) is 0. The third-order valence-electron chi connectivity index (χ3n) is 4.63. The minimum atomic E-state index is -3.33. The summed E-state index contributed by atoms with van der Waals surface area (Å²) in [6.45, 7) is 4.09. The van der Waals surface area contributed by atoms with Gasteiger partial charge in [-0.15, -0.1) is 0 Å². The zero-order chi connectivity index (χ0) is 18.8. The Hall–Kier alpha value is -1.90. The number of alkyl halides is 2. The molecule has 1 nitrogen and oxygen atoms in total. The van der Waals surface area contributed by atoms with Crippen molar-refractivity contribution in [2.75, 3.05) is 0 Å². The standard InChI is InChI=1S/C23H30F2O/c1-3-4-5-6-7-8-9-10-20-13-17-22(18-14-20)26-23(24,25)21-15-11-19(2)12-16-21/h11-18H,3-10H2,1-2H3. The predicted octanol–water partition coefficient (Wildman–Crippen LogP) is 7.42. The summed E-state index contributed by atoms with van der Waals surface area (Å²) in [5.41, 5.74) is 1.99. The summed E-state index contributed by atoms with van der Waals surface area (Å²) in [7, 11) is 0. The van der Waals surface area contributed by atoms with Crippen LogP contribution in [0.15, 0.2) is 48.5 Å². The van der Waals surface area contributed by atoms with Gasteiger partial charge in [-0.2, -0.15) is 8.78 Å². The Morgan fingerprint density at radius 1 is 0.769 bits per heavy atom. The number of hydrogen-bond acceptors (Lipinski definition) is 1. The van der Waals surface area contributed by atoms with Gasteiger partial charge in [0.15, 0.2) is 0 Å². The first-order valence-corrected chi connectivity index (χ1v) is 9.74. The summed E-state index contributed by atoms with van der Waals surface area (Å²) in [6.07, 6.45) is 6.57. The summed E-state index contributed by atoms with van der Waals surface area (Å²) in [5.74, 6) is 0.193. The highest BCUT2D eigenvalue weighted by molar-refractivity contribution is 5.29. The first-order chi connectivity index (χ1) is 12.5. The van der Waals surface area contributed by atoms with Gasteiger partial charge in [-0.1, -0.05) is 75.3 Å². The van der Waals surface area contributed by atoms with E-state index < -0.39 is 6.11 Å². The van der Waals surface area contributed by atoms with E-state index in [9.17, 15) is 8.78 Å². The predicted molar refractivity (Wildman–Crippen MR) is 104 cm³/mol. The fourth-order valence-corrected chi connectivity index (χ4v) is 2.96. The van der Waals surface area contributed by atoms with Gasteiger partial charge in [0.2, 0.25) is 0 Å². The molecule has 0 heterocycles. The zero-order valence-corrected chi connectivity index (χ0v) is 15.9. The Morgan fingerprint density at radius 3 is 1.96 bits per heavy atom. The Kier molecular flexibility index (Phi) is 8.08. The molecule has 0 spiro atoms. The normalized spacial score (nSPS) is 11.5. The van der Waals surface area contributed by atoms with Crippen LogP contribution in [0.5, 0.6) is 5.75 Å². The topological polar surface area (TPSA) is 9.23 Å². The van der Waals surface area contributed by atoms with Crippen LogP contribution >= 0.6 is 0 Å². The molecule has 0 N–H and O–H groups in total. The molecule has 2 rings (SSSR count). The van der Waals surface area contributed by atoms with Crippen LogP contribution in [0.4, 0.5) is 8.78 Å². The van der Waals surface area contributed by atoms with E-state index in [-0.39, 0.29) is 11.3 Å². The molecule has 142 valence electrons. The second-order valence-corrected chi connectivity index (χ2v) is 7.00. The van der Waals surface area contributed by atoms with Crippen molar-refractivity contribution in [3.05, 3.63) is 65.2 Å². The Morgan fingerprint density at radius 2 is 1.35 bits per heavy atom. The molecule has 0 bridgehead atoms. The van der Waals surface area contributed by atoms with Crippen LogP contribution in [-0.4, -0.2) is 0 Å². The molecule has 0 aliphatic heterocycles. The quantitative estimate of drug-likeness (QED) is 0.379. The van der Waals surface area contributed by atoms with Gasteiger partial charge >= 0.3 is 6.11 Å². The monoisotopic (exact) mass is 360 g/mol. The van der Waals surface area contributed by atoms with Gasteiger partial charge in [-0.05, 0) is 49.6 Å². The number of rotatable bonds is 11. The van der Waals surface area contributed by atoms with Crippen LogP contribution in [0.25, 0.3) is 0 Å². The van der Waals surface area contributed by atoms with Gasteiger partial charge in [-0.3, -0.25) is 0 Å². The Balaban J connectivity index is 1.78. The van der Waals surface area contributed by atoms with Gasteiger partial charge in [0.1, 0.15) is 5.75 Å². The summed E-state index contributed by atoms with van der Waals surface area (Å²) < 4.78 is 33.4. The average Bonchev–Trinajstić information content (AvgIpc) is 2.62. The largest absolute Gasteiger partial charge is 0.429 e. The van der Waals surface area contributed by atoms with Crippen LogP contribution in [0.2, 0.25) is 0 Å². The molecule has 0 aliphatic carbocycles.